The molecular formula is C14H13BrCl2N2O. The van der Waals surface area contributed by atoms with Gasteiger partial charge in [0.15, 0.2) is 0 Å². The van der Waals surface area contributed by atoms with Crippen molar-refractivity contribution < 1.29 is 4.74 Å². The first-order valence-corrected chi connectivity index (χ1v) is 7.62. The van der Waals surface area contributed by atoms with Crippen LogP contribution in [0.2, 0.25) is 10.0 Å². The van der Waals surface area contributed by atoms with Gasteiger partial charge in [0, 0.05) is 35.0 Å². The van der Waals surface area contributed by atoms with Gasteiger partial charge in [0.1, 0.15) is 11.5 Å². The molecule has 0 aliphatic rings. The van der Waals surface area contributed by atoms with E-state index in [4.69, 9.17) is 27.9 Å². The lowest BCUT2D eigenvalue weighted by Crippen LogP contribution is -2.12. The van der Waals surface area contributed by atoms with Crippen LogP contribution in [0, 0.1) is 0 Å². The largest absolute Gasteiger partial charge is 0.455 e. The normalized spacial score (nSPS) is 10.6. The molecule has 0 atom stereocenters. The fourth-order valence-electron chi connectivity index (χ4n) is 1.61. The Morgan fingerprint density at radius 2 is 2.05 bits per heavy atom. The van der Waals surface area contributed by atoms with E-state index in [-0.39, 0.29) is 0 Å². The smallest absolute Gasteiger partial charge is 0.147 e. The van der Waals surface area contributed by atoms with Crippen LogP contribution in [0.15, 0.2) is 35.1 Å². The predicted molar refractivity (Wildman–Crippen MR) is 85.9 cm³/mol. The third kappa shape index (κ3) is 3.85. The molecule has 0 unspecified atom stereocenters. The number of halogens is 3. The second kappa shape index (κ2) is 7.27. The molecule has 2 aromatic rings. The van der Waals surface area contributed by atoms with Gasteiger partial charge in [-0.15, -0.1) is 0 Å². The van der Waals surface area contributed by atoms with E-state index < -0.39 is 0 Å². The quantitative estimate of drug-likeness (QED) is 0.742. The van der Waals surface area contributed by atoms with Gasteiger partial charge in [-0.25, -0.2) is 0 Å². The number of nitrogens with one attached hydrogen (secondary N) is 1. The van der Waals surface area contributed by atoms with Crippen molar-refractivity contribution in [1.82, 2.24) is 10.3 Å². The molecule has 0 radical (unpaired) electrons. The molecule has 1 aromatic heterocycles. The molecule has 0 bridgehead atoms. The molecule has 0 saturated heterocycles. The van der Waals surface area contributed by atoms with Crippen molar-refractivity contribution in [2.45, 2.75) is 13.5 Å². The summed E-state index contributed by atoms with van der Waals surface area (Å²) in [5.74, 6) is 1.23. The molecule has 0 aliphatic carbocycles. The minimum absolute atomic E-state index is 0.493. The highest BCUT2D eigenvalue weighted by atomic mass is 79.9. The van der Waals surface area contributed by atoms with Crippen molar-refractivity contribution in [2.24, 2.45) is 0 Å². The minimum atomic E-state index is 0.493. The molecular weight excluding hydrogens is 363 g/mol. The lowest BCUT2D eigenvalue weighted by molar-refractivity contribution is 0.472. The summed E-state index contributed by atoms with van der Waals surface area (Å²) in [5, 5.41) is 4.28. The van der Waals surface area contributed by atoms with Crippen molar-refractivity contribution in [3.63, 3.8) is 0 Å². The highest BCUT2D eigenvalue weighted by Gasteiger charge is 2.10. The van der Waals surface area contributed by atoms with Crippen LogP contribution in [0.1, 0.15) is 12.5 Å². The van der Waals surface area contributed by atoms with Gasteiger partial charge >= 0.3 is 0 Å². The van der Waals surface area contributed by atoms with Crippen LogP contribution in [0.25, 0.3) is 0 Å². The molecule has 0 amide bonds. The Balaban J connectivity index is 2.28. The van der Waals surface area contributed by atoms with Crippen molar-refractivity contribution in [2.75, 3.05) is 6.54 Å². The van der Waals surface area contributed by atoms with Crippen molar-refractivity contribution >= 4 is 39.1 Å². The van der Waals surface area contributed by atoms with E-state index in [0.29, 0.717) is 28.1 Å². The Kier molecular flexibility index (Phi) is 5.66. The van der Waals surface area contributed by atoms with Crippen LogP contribution in [0.3, 0.4) is 0 Å². The molecule has 0 spiro atoms. The van der Waals surface area contributed by atoms with E-state index in [1.807, 2.05) is 6.92 Å². The molecule has 1 heterocycles. The van der Waals surface area contributed by atoms with Gasteiger partial charge < -0.3 is 10.1 Å². The number of hydrogen-bond acceptors (Lipinski definition) is 3. The van der Waals surface area contributed by atoms with Gasteiger partial charge in [-0.2, -0.15) is 0 Å². The molecule has 106 valence electrons. The molecule has 6 heteroatoms. The first-order valence-electron chi connectivity index (χ1n) is 6.07. The maximum atomic E-state index is 6.16. The number of hydrogen-bond donors (Lipinski definition) is 1. The number of nitrogens with zero attached hydrogens (tertiary/aromatic N) is 1. The number of rotatable bonds is 5. The molecule has 20 heavy (non-hydrogen) atoms. The van der Waals surface area contributed by atoms with Gasteiger partial charge in [-0.1, -0.05) is 30.1 Å². The van der Waals surface area contributed by atoms with E-state index >= 15 is 0 Å². The number of aromatic nitrogens is 1. The first-order chi connectivity index (χ1) is 9.61. The van der Waals surface area contributed by atoms with Crippen LogP contribution in [-0.4, -0.2) is 11.5 Å². The molecule has 0 aliphatic heterocycles. The van der Waals surface area contributed by atoms with Gasteiger partial charge in [-0.3, -0.25) is 4.98 Å². The summed E-state index contributed by atoms with van der Waals surface area (Å²) in [4.78, 5) is 4.11. The standard InChI is InChI=1S/C14H13BrCl2N2O/c1-2-18-7-9-8-19-4-3-13(9)20-14-6-11(16)10(15)5-12(14)17/h3-6,8,18H,2,7H2,1H3. The zero-order chi connectivity index (χ0) is 14.5. The number of ether oxygens (including phenoxy) is 1. The maximum absolute atomic E-state index is 6.16. The Morgan fingerprint density at radius 1 is 1.25 bits per heavy atom. The average molecular weight is 376 g/mol. The van der Waals surface area contributed by atoms with Crippen LogP contribution in [0.5, 0.6) is 11.5 Å². The fourth-order valence-corrected chi connectivity index (χ4v) is 2.44. The average Bonchev–Trinajstić information content (AvgIpc) is 2.44. The van der Waals surface area contributed by atoms with Gasteiger partial charge in [0.2, 0.25) is 0 Å². The molecule has 0 saturated carbocycles. The zero-order valence-corrected chi connectivity index (χ0v) is 13.9. The first kappa shape index (κ1) is 15.6. The summed E-state index contributed by atoms with van der Waals surface area (Å²) < 4.78 is 6.59. The van der Waals surface area contributed by atoms with Gasteiger partial charge in [0.05, 0.1) is 10.0 Å². The third-order valence-corrected chi connectivity index (χ3v) is 4.11. The number of pyridine rings is 1. The monoisotopic (exact) mass is 374 g/mol. The summed E-state index contributed by atoms with van der Waals surface area (Å²) in [6.45, 7) is 3.60. The number of benzene rings is 1. The second-order valence-electron chi connectivity index (χ2n) is 4.06. The Bertz CT molecular complexity index is 608. The Labute approximate surface area is 136 Å². The third-order valence-electron chi connectivity index (χ3n) is 2.62. The van der Waals surface area contributed by atoms with Gasteiger partial charge in [-0.05, 0) is 34.6 Å². The highest BCUT2D eigenvalue weighted by Crippen LogP contribution is 2.37. The Hall–Kier alpha value is -0.810. The van der Waals surface area contributed by atoms with E-state index in [1.54, 1.807) is 30.6 Å². The molecule has 2 rings (SSSR count). The Morgan fingerprint density at radius 3 is 2.80 bits per heavy atom. The van der Waals surface area contributed by atoms with Crippen molar-refractivity contribution in [3.8, 4) is 11.5 Å². The maximum Gasteiger partial charge on any atom is 0.147 e. The van der Waals surface area contributed by atoms with Crippen LogP contribution < -0.4 is 10.1 Å². The lowest BCUT2D eigenvalue weighted by Gasteiger charge is -2.12. The molecule has 0 fully saturated rings. The molecule has 1 N–H and O–H groups in total. The SMILES string of the molecule is CCNCc1cnccc1Oc1cc(Cl)c(Br)cc1Cl. The summed E-state index contributed by atoms with van der Waals surface area (Å²) >= 11 is 15.6. The summed E-state index contributed by atoms with van der Waals surface area (Å²) in [5.41, 5.74) is 0.962. The minimum Gasteiger partial charge on any atom is -0.455 e. The summed E-state index contributed by atoms with van der Waals surface area (Å²) in [6, 6.07) is 5.20. The van der Waals surface area contributed by atoms with Crippen LogP contribution >= 0.6 is 39.1 Å². The summed E-state index contributed by atoms with van der Waals surface area (Å²) in [6.07, 6.45) is 3.45. The van der Waals surface area contributed by atoms with Crippen LogP contribution in [-0.2, 0) is 6.54 Å². The fraction of sp³-hybridized carbons (Fsp3) is 0.214. The van der Waals surface area contributed by atoms with E-state index in [2.05, 4.69) is 26.2 Å². The zero-order valence-electron chi connectivity index (χ0n) is 10.8. The molecule has 1 aromatic carbocycles. The lowest BCUT2D eigenvalue weighted by atomic mass is 10.2. The summed E-state index contributed by atoms with van der Waals surface area (Å²) in [7, 11) is 0. The van der Waals surface area contributed by atoms with E-state index in [9.17, 15) is 0 Å². The van der Waals surface area contributed by atoms with Crippen molar-refractivity contribution in [3.05, 3.63) is 50.7 Å². The van der Waals surface area contributed by atoms with Gasteiger partial charge in [0.25, 0.3) is 0 Å². The molecule has 3 nitrogen and oxygen atoms in total. The van der Waals surface area contributed by atoms with Crippen LogP contribution in [0.4, 0.5) is 0 Å². The van der Waals surface area contributed by atoms with E-state index in [0.717, 1.165) is 16.6 Å². The highest BCUT2D eigenvalue weighted by molar-refractivity contribution is 9.10. The van der Waals surface area contributed by atoms with Crippen molar-refractivity contribution in [1.29, 1.82) is 0 Å². The topological polar surface area (TPSA) is 34.2 Å². The predicted octanol–water partition coefficient (Wildman–Crippen LogP) is 5.05. The second-order valence-corrected chi connectivity index (χ2v) is 5.73. The van der Waals surface area contributed by atoms with E-state index in [1.165, 1.54) is 0 Å².